The minimum Gasteiger partial charge on any atom is -0.465 e. The topological polar surface area (TPSA) is 86.1 Å². The van der Waals surface area contributed by atoms with Gasteiger partial charge in [-0.15, -0.1) is 32.9 Å². The van der Waals surface area contributed by atoms with Gasteiger partial charge in [0.15, 0.2) is 11.0 Å². The summed E-state index contributed by atoms with van der Waals surface area (Å²) in [6.07, 6.45) is 0. The second-order valence-electron chi connectivity index (χ2n) is 7.03. The molecule has 10 heteroatoms. The molecular weight excluding hydrogens is 440 g/mol. The second-order valence-corrected chi connectivity index (χ2v) is 10.3. The Morgan fingerprint density at radius 1 is 1.27 bits per heavy atom. The quantitative estimate of drug-likeness (QED) is 0.387. The summed E-state index contributed by atoms with van der Waals surface area (Å²) in [5.74, 6) is 0.295. The molecule has 0 atom stereocenters. The lowest BCUT2D eigenvalue weighted by molar-refractivity contribution is -0.113. The SMILES string of the molecule is COC(=O)c1cc(C)sc1NC(=O)CSc1nnc(-c2csc(C)c2C)n1C(C)C. The predicted octanol–water partition coefficient (Wildman–Crippen LogP) is 5.09. The highest BCUT2D eigenvalue weighted by Crippen LogP contribution is 2.34. The molecule has 0 fully saturated rings. The van der Waals surface area contributed by atoms with Gasteiger partial charge in [-0.3, -0.25) is 9.36 Å². The van der Waals surface area contributed by atoms with Crippen LogP contribution in [0, 0.1) is 20.8 Å². The van der Waals surface area contributed by atoms with E-state index in [1.54, 1.807) is 17.4 Å². The molecule has 0 bridgehead atoms. The molecule has 0 saturated heterocycles. The molecule has 160 valence electrons. The number of thioether (sulfide) groups is 1. The standard InChI is InChI=1S/C20H24N4O3S3/c1-10(2)24-17(15-8-28-13(5)12(15)4)22-23-20(24)29-9-16(25)21-18-14(19(26)27-6)7-11(3)30-18/h7-8,10H,9H2,1-6H3,(H,21,25). The number of carbonyl (C=O) groups is 2. The molecule has 0 aliphatic carbocycles. The van der Waals surface area contributed by atoms with E-state index >= 15 is 0 Å². The summed E-state index contributed by atoms with van der Waals surface area (Å²) >= 11 is 4.37. The molecule has 3 heterocycles. The Kier molecular flexibility index (Phi) is 6.99. The maximum absolute atomic E-state index is 12.5. The summed E-state index contributed by atoms with van der Waals surface area (Å²) in [5.41, 5.74) is 2.65. The zero-order valence-electron chi connectivity index (χ0n) is 17.7. The predicted molar refractivity (Wildman–Crippen MR) is 123 cm³/mol. The van der Waals surface area contributed by atoms with E-state index in [2.05, 4.69) is 53.2 Å². The molecular formula is C20H24N4O3S3. The van der Waals surface area contributed by atoms with Crippen LogP contribution in [0.1, 0.15) is 45.6 Å². The normalized spacial score (nSPS) is 11.2. The van der Waals surface area contributed by atoms with Crippen LogP contribution in [0.3, 0.4) is 0 Å². The van der Waals surface area contributed by atoms with Crippen LogP contribution in [0.2, 0.25) is 0 Å². The number of anilines is 1. The zero-order valence-corrected chi connectivity index (χ0v) is 20.2. The summed E-state index contributed by atoms with van der Waals surface area (Å²) in [6, 6.07) is 1.86. The van der Waals surface area contributed by atoms with Crippen LogP contribution in [0.5, 0.6) is 0 Å². The fourth-order valence-corrected chi connectivity index (χ4v) is 5.57. The number of thiophene rings is 2. The van der Waals surface area contributed by atoms with Gasteiger partial charge in [-0.05, 0) is 46.2 Å². The van der Waals surface area contributed by atoms with E-state index in [0.29, 0.717) is 15.7 Å². The molecule has 1 N–H and O–H groups in total. The van der Waals surface area contributed by atoms with Crippen LogP contribution in [-0.4, -0.2) is 39.5 Å². The van der Waals surface area contributed by atoms with E-state index in [-0.39, 0.29) is 17.7 Å². The lowest BCUT2D eigenvalue weighted by atomic mass is 10.1. The fraction of sp³-hybridized carbons (Fsp3) is 0.400. The van der Waals surface area contributed by atoms with E-state index in [9.17, 15) is 9.59 Å². The van der Waals surface area contributed by atoms with Gasteiger partial charge in [0, 0.05) is 26.7 Å². The first-order valence-corrected chi connectivity index (χ1v) is 12.0. The summed E-state index contributed by atoms with van der Waals surface area (Å²) in [7, 11) is 1.32. The molecule has 0 unspecified atom stereocenters. The molecule has 0 aliphatic heterocycles. The molecule has 3 aromatic rings. The summed E-state index contributed by atoms with van der Waals surface area (Å²) in [4.78, 5) is 26.6. The van der Waals surface area contributed by atoms with Gasteiger partial charge in [0.1, 0.15) is 5.00 Å². The van der Waals surface area contributed by atoms with Crippen LogP contribution in [0.25, 0.3) is 11.4 Å². The summed E-state index contributed by atoms with van der Waals surface area (Å²) in [5, 5.41) is 14.8. The number of hydrogen-bond acceptors (Lipinski definition) is 8. The van der Waals surface area contributed by atoms with Gasteiger partial charge < -0.3 is 10.1 Å². The molecule has 0 radical (unpaired) electrons. The van der Waals surface area contributed by atoms with Crippen molar-refractivity contribution in [2.24, 2.45) is 0 Å². The van der Waals surface area contributed by atoms with Gasteiger partial charge in [-0.1, -0.05) is 11.8 Å². The van der Waals surface area contributed by atoms with Gasteiger partial charge >= 0.3 is 5.97 Å². The highest BCUT2D eigenvalue weighted by molar-refractivity contribution is 7.99. The number of esters is 1. The van der Waals surface area contributed by atoms with Crippen molar-refractivity contribution >= 4 is 51.3 Å². The van der Waals surface area contributed by atoms with Crippen molar-refractivity contribution in [3.05, 3.63) is 32.3 Å². The third kappa shape index (κ3) is 4.60. The first-order valence-electron chi connectivity index (χ1n) is 9.34. The van der Waals surface area contributed by atoms with Crippen LogP contribution < -0.4 is 5.32 Å². The number of aromatic nitrogens is 3. The van der Waals surface area contributed by atoms with Crippen molar-refractivity contribution in [3.8, 4) is 11.4 Å². The first-order chi connectivity index (χ1) is 14.2. The fourth-order valence-electron chi connectivity index (χ4n) is 2.92. The highest BCUT2D eigenvalue weighted by atomic mass is 32.2. The third-order valence-corrected chi connectivity index (χ3v) is 7.48. The van der Waals surface area contributed by atoms with Crippen molar-refractivity contribution in [1.29, 1.82) is 0 Å². The molecule has 3 rings (SSSR count). The maximum Gasteiger partial charge on any atom is 0.340 e. The van der Waals surface area contributed by atoms with Gasteiger partial charge in [0.25, 0.3) is 0 Å². The van der Waals surface area contributed by atoms with Gasteiger partial charge in [0.2, 0.25) is 5.91 Å². The lowest BCUT2D eigenvalue weighted by Crippen LogP contribution is -2.16. The average Bonchev–Trinajstić information content (AvgIpc) is 3.37. The van der Waals surface area contributed by atoms with Crippen molar-refractivity contribution in [2.45, 2.75) is 45.8 Å². The number of carbonyl (C=O) groups excluding carboxylic acids is 2. The Morgan fingerprint density at radius 3 is 2.60 bits per heavy atom. The number of hydrogen-bond donors (Lipinski definition) is 1. The van der Waals surface area contributed by atoms with E-state index < -0.39 is 5.97 Å². The Labute approximate surface area is 187 Å². The summed E-state index contributed by atoms with van der Waals surface area (Å²) < 4.78 is 6.85. The molecule has 1 amide bonds. The number of aryl methyl sites for hydroxylation is 2. The smallest absolute Gasteiger partial charge is 0.340 e. The maximum atomic E-state index is 12.5. The molecule has 0 saturated carbocycles. The zero-order chi connectivity index (χ0) is 22.0. The van der Waals surface area contributed by atoms with Crippen molar-refractivity contribution < 1.29 is 14.3 Å². The van der Waals surface area contributed by atoms with Crippen molar-refractivity contribution in [1.82, 2.24) is 14.8 Å². The monoisotopic (exact) mass is 464 g/mol. The summed E-state index contributed by atoms with van der Waals surface area (Å²) in [6.45, 7) is 10.2. The van der Waals surface area contributed by atoms with Crippen LogP contribution >= 0.6 is 34.4 Å². The number of nitrogens with one attached hydrogen (secondary N) is 1. The minimum absolute atomic E-state index is 0.144. The van der Waals surface area contributed by atoms with Crippen LogP contribution in [0.4, 0.5) is 5.00 Å². The molecule has 0 spiro atoms. The van der Waals surface area contributed by atoms with Gasteiger partial charge in [0.05, 0.1) is 18.4 Å². The Balaban J connectivity index is 1.76. The molecule has 3 aromatic heterocycles. The van der Waals surface area contributed by atoms with Gasteiger partial charge in [-0.2, -0.15) is 0 Å². The van der Waals surface area contributed by atoms with Crippen molar-refractivity contribution in [2.75, 3.05) is 18.2 Å². The average molecular weight is 465 g/mol. The minimum atomic E-state index is -0.465. The van der Waals surface area contributed by atoms with E-state index in [1.807, 2.05) is 6.92 Å². The second kappa shape index (κ2) is 9.32. The van der Waals surface area contributed by atoms with E-state index in [4.69, 9.17) is 4.74 Å². The highest BCUT2D eigenvalue weighted by Gasteiger charge is 2.21. The third-order valence-electron chi connectivity index (χ3n) is 4.55. The van der Waals surface area contributed by atoms with Gasteiger partial charge in [-0.25, -0.2) is 4.79 Å². The Hall–Kier alpha value is -2.17. The molecule has 0 aliphatic rings. The lowest BCUT2D eigenvalue weighted by Gasteiger charge is -2.13. The molecule has 0 aromatic carbocycles. The molecule has 7 nitrogen and oxygen atoms in total. The number of nitrogens with zero attached hydrogens (tertiary/aromatic N) is 3. The number of methoxy groups -OCH3 is 1. The largest absolute Gasteiger partial charge is 0.465 e. The number of amides is 1. The number of rotatable bonds is 7. The molecule has 30 heavy (non-hydrogen) atoms. The first kappa shape index (κ1) is 22.5. The van der Waals surface area contributed by atoms with Crippen LogP contribution in [-0.2, 0) is 9.53 Å². The Morgan fingerprint density at radius 2 is 2.00 bits per heavy atom. The number of ether oxygens (including phenoxy) is 1. The van der Waals surface area contributed by atoms with Crippen molar-refractivity contribution in [3.63, 3.8) is 0 Å². The van der Waals surface area contributed by atoms with Crippen LogP contribution in [0.15, 0.2) is 16.6 Å². The van der Waals surface area contributed by atoms with E-state index in [0.717, 1.165) is 16.3 Å². The van der Waals surface area contributed by atoms with E-state index in [1.165, 1.54) is 40.6 Å². The Bertz CT molecular complexity index is 1080.